The molecule has 142 valence electrons. The van der Waals surface area contributed by atoms with Gasteiger partial charge in [-0.3, -0.25) is 14.7 Å². The Morgan fingerprint density at radius 1 is 1.19 bits per heavy atom. The fraction of sp³-hybridized carbons (Fsp3) is 0.476. The first kappa shape index (κ1) is 18.1. The molecule has 0 bridgehead atoms. The SMILES string of the molecule is CN(C)C[C@@]12CN(Cc3ccccc3)C[C@@H]1CN(C(=O)c1cnccn1)C2. The minimum Gasteiger partial charge on any atom is -0.336 e. The lowest BCUT2D eigenvalue weighted by molar-refractivity contribution is 0.0741. The Labute approximate surface area is 160 Å². The van der Waals surface area contributed by atoms with E-state index < -0.39 is 0 Å². The van der Waals surface area contributed by atoms with Crippen LogP contribution in [0, 0.1) is 11.3 Å². The van der Waals surface area contributed by atoms with E-state index in [9.17, 15) is 4.79 Å². The van der Waals surface area contributed by atoms with Crippen LogP contribution in [0.25, 0.3) is 0 Å². The van der Waals surface area contributed by atoms with Crippen molar-refractivity contribution in [3.63, 3.8) is 0 Å². The number of hydrogen-bond donors (Lipinski definition) is 0. The van der Waals surface area contributed by atoms with Gasteiger partial charge in [-0.2, -0.15) is 0 Å². The monoisotopic (exact) mass is 365 g/mol. The van der Waals surface area contributed by atoms with Gasteiger partial charge in [0.15, 0.2) is 0 Å². The highest BCUT2D eigenvalue weighted by Gasteiger charge is 2.53. The molecule has 1 amide bonds. The minimum atomic E-state index is 0.00485. The predicted octanol–water partition coefficient (Wildman–Crippen LogP) is 1.61. The number of carbonyl (C=O) groups excluding carboxylic acids is 1. The lowest BCUT2D eigenvalue weighted by atomic mass is 9.80. The Balaban J connectivity index is 1.50. The van der Waals surface area contributed by atoms with Gasteiger partial charge >= 0.3 is 0 Å². The van der Waals surface area contributed by atoms with Crippen molar-refractivity contribution >= 4 is 5.91 Å². The van der Waals surface area contributed by atoms with Crippen LogP contribution in [-0.4, -0.2) is 77.4 Å². The van der Waals surface area contributed by atoms with E-state index in [0.29, 0.717) is 11.6 Å². The summed E-state index contributed by atoms with van der Waals surface area (Å²) in [7, 11) is 4.25. The van der Waals surface area contributed by atoms with Crippen molar-refractivity contribution in [1.29, 1.82) is 0 Å². The lowest BCUT2D eigenvalue weighted by Gasteiger charge is -2.32. The van der Waals surface area contributed by atoms with Crippen LogP contribution in [0.1, 0.15) is 16.1 Å². The van der Waals surface area contributed by atoms with Gasteiger partial charge in [0.1, 0.15) is 5.69 Å². The Hall–Kier alpha value is -2.31. The van der Waals surface area contributed by atoms with Crippen LogP contribution in [0.4, 0.5) is 0 Å². The summed E-state index contributed by atoms with van der Waals surface area (Å²) in [6, 6.07) is 10.6. The number of nitrogens with zero attached hydrogens (tertiary/aromatic N) is 5. The van der Waals surface area contributed by atoms with Crippen LogP contribution in [-0.2, 0) is 6.54 Å². The number of likely N-dealkylation sites (tertiary alicyclic amines) is 2. The third kappa shape index (κ3) is 3.73. The van der Waals surface area contributed by atoms with Crippen LogP contribution in [0.2, 0.25) is 0 Å². The zero-order valence-corrected chi connectivity index (χ0v) is 16.1. The maximum absolute atomic E-state index is 12.9. The number of carbonyl (C=O) groups is 1. The van der Waals surface area contributed by atoms with Crippen molar-refractivity contribution in [3.05, 3.63) is 60.2 Å². The van der Waals surface area contributed by atoms with Gasteiger partial charge in [-0.25, -0.2) is 4.98 Å². The lowest BCUT2D eigenvalue weighted by Crippen LogP contribution is -2.42. The van der Waals surface area contributed by atoms with E-state index in [1.54, 1.807) is 18.6 Å². The maximum Gasteiger partial charge on any atom is 0.274 e. The van der Waals surface area contributed by atoms with E-state index >= 15 is 0 Å². The van der Waals surface area contributed by atoms with Gasteiger partial charge < -0.3 is 9.80 Å². The number of fused-ring (bicyclic) bond motifs is 1. The van der Waals surface area contributed by atoms with Crippen molar-refractivity contribution in [2.75, 3.05) is 46.8 Å². The molecule has 4 rings (SSSR count). The molecule has 1 aromatic heterocycles. The zero-order valence-electron chi connectivity index (χ0n) is 16.1. The normalized spacial score (nSPS) is 25.1. The third-order valence-corrected chi connectivity index (χ3v) is 5.78. The molecule has 0 unspecified atom stereocenters. The Kier molecular flexibility index (Phi) is 4.93. The molecule has 1 aromatic carbocycles. The second-order valence-electron chi connectivity index (χ2n) is 8.23. The molecule has 2 saturated heterocycles. The van der Waals surface area contributed by atoms with Crippen LogP contribution in [0.5, 0.6) is 0 Å². The zero-order chi connectivity index (χ0) is 18.9. The summed E-state index contributed by atoms with van der Waals surface area (Å²) in [5.41, 5.74) is 1.92. The largest absolute Gasteiger partial charge is 0.336 e. The van der Waals surface area contributed by atoms with E-state index in [1.165, 1.54) is 5.56 Å². The van der Waals surface area contributed by atoms with Gasteiger partial charge in [0.25, 0.3) is 5.91 Å². The van der Waals surface area contributed by atoms with Gasteiger partial charge in [0.05, 0.1) is 6.20 Å². The molecule has 0 radical (unpaired) electrons. The van der Waals surface area contributed by atoms with Crippen molar-refractivity contribution in [3.8, 4) is 0 Å². The Morgan fingerprint density at radius 3 is 2.70 bits per heavy atom. The summed E-state index contributed by atoms with van der Waals surface area (Å²) in [6.45, 7) is 5.62. The molecule has 0 saturated carbocycles. The number of hydrogen-bond acceptors (Lipinski definition) is 5. The van der Waals surface area contributed by atoms with Crippen LogP contribution >= 0.6 is 0 Å². The minimum absolute atomic E-state index is 0.00485. The molecule has 0 spiro atoms. The van der Waals surface area contributed by atoms with Crippen LogP contribution in [0.15, 0.2) is 48.9 Å². The summed E-state index contributed by atoms with van der Waals surface area (Å²) in [4.78, 5) is 27.9. The van der Waals surface area contributed by atoms with Crippen molar-refractivity contribution in [1.82, 2.24) is 24.7 Å². The molecule has 2 fully saturated rings. The van der Waals surface area contributed by atoms with Gasteiger partial charge in [-0.15, -0.1) is 0 Å². The molecule has 2 atom stereocenters. The number of aromatic nitrogens is 2. The molecule has 3 heterocycles. The van der Waals surface area contributed by atoms with E-state index in [2.05, 4.69) is 64.2 Å². The van der Waals surface area contributed by atoms with Crippen molar-refractivity contribution in [2.45, 2.75) is 6.54 Å². The van der Waals surface area contributed by atoms with Crippen LogP contribution in [0.3, 0.4) is 0 Å². The second-order valence-corrected chi connectivity index (χ2v) is 8.23. The number of amides is 1. The summed E-state index contributed by atoms with van der Waals surface area (Å²) in [5.74, 6) is 0.495. The Bertz CT molecular complexity index is 782. The van der Waals surface area contributed by atoms with Gasteiger partial charge in [-0.05, 0) is 25.6 Å². The smallest absolute Gasteiger partial charge is 0.274 e. The molecule has 2 aliphatic rings. The molecule has 2 aromatic rings. The highest BCUT2D eigenvalue weighted by atomic mass is 16.2. The summed E-state index contributed by atoms with van der Waals surface area (Å²) in [6.07, 6.45) is 4.75. The Morgan fingerprint density at radius 2 is 2.00 bits per heavy atom. The van der Waals surface area contributed by atoms with E-state index in [1.807, 2.05) is 4.90 Å². The first-order valence-corrected chi connectivity index (χ1v) is 9.52. The summed E-state index contributed by atoms with van der Waals surface area (Å²) < 4.78 is 0. The highest BCUT2D eigenvalue weighted by Crippen LogP contribution is 2.43. The summed E-state index contributed by atoms with van der Waals surface area (Å²) >= 11 is 0. The molecule has 6 nitrogen and oxygen atoms in total. The van der Waals surface area contributed by atoms with Crippen molar-refractivity contribution in [2.24, 2.45) is 11.3 Å². The molecule has 2 aliphatic heterocycles. The first-order chi connectivity index (χ1) is 13.1. The van der Waals surface area contributed by atoms with Crippen LogP contribution < -0.4 is 0 Å². The summed E-state index contributed by atoms with van der Waals surface area (Å²) in [5, 5.41) is 0. The predicted molar refractivity (Wildman–Crippen MR) is 104 cm³/mol. The van der Waals surface area contributed by atoms with Gasteiger partial charge in [-0.1, -0.05) is 30.3 Å². The average Bonchev–Trinajstić information content (AvgIpc) is 3.15. The molecule has 0 aliphatic carbocycles. The molecule has 27 heavy (non-hydrogen) atoms. The number of rotatable bonds is 5. The fourth-order valence-corrected chi connectivity index (χ4v) is 4.83. The second kappa shape index (κ2) is 7.37. The first-order valence-electron chi connectivity index (χ1n) is 9.52. The van der Waals surface area contributed by atoms with Gasteiger partial charge in [0.2, 0.25) is 0 Å². The topological polar surface area (TPSA) is 52.6 Å². The average molecular weight is 365 g/mol. The van der Waals surface area contributed by atoms with Gasteiger partial charge in [0, 0.05) is 57.1 Å². The molecular weight excluding hydrogens is 338 g/mol. The van der Waals surface area contributed by atoms with E-state index in [-0.39, 0.29) is 11.3 Å². The standard InChI is InChI=1S/C21H27N5O/c1-24(2)14-21-15-25(11-17-6-4-3-5-7-17)12-18(21)13-26(16-21)20(27)19-10-22-8-9-23-19/h3-10,18H,11-16H2,1-2H3/t18-,21+/m1/s1. The quantitative estimate of drug-likeness (QED) is 0.806. The number of benzene rings is 1. The fourth-order valence-electron chi connectivity index (χ4n) is 4.83. The third-order valence-electron chi connectivity index (χ3n) is 5.78. The van der Waals surface area contributed by atoms with Crippen molar-refractivity contribution < 1.29 is 4.79 Å². The molecule has 6 heteroatoms. The molecular formula is C21H27N5O. The molecule has 0 N–H and O–H groups in total. The maximum atomic E-state index is 12.9. The van der Waals surface area contributed by atoms with E-state index in [4.69, 9.17) is 0 Å². The van der Waals surface area contributed by atoms with E-state index in [0.717, 1.165) is 39.3 Å². The highest BCUT2D eigenvalue weighted by molar-refractivity contribution is 5.92.